The molecule has 6 nitrogen and oxygen atoms in total. The third-order valence-corrected chi connectivity index (χ3v) is 5.63. The van der Waals surface area contributed by atoms with Gasteiger partial charge >= 0.3 is 6.18 Å². The van der Waals surface area contributed by atoms with Crippen molar-refractivity contribution in [1.82, 2.24) is 0 Å². The summed E-state index contributed by atoms with van der Waals surface area (Å²) in [5.41, 5.74) is -0.661. The normalized spacial score (nSPS) is 21.2. The Kier molecular flexibility index (Phi) is 4.44. The molecule has 1 aromatic carbocycles. The molecule has 0 saturated carbocycles. The first-order valence-corrected chi connectivity index (χ1v) is 8.17. The van der Waals surface area contributed by atoms with Crippen molar-refractivity contribution in [3.8, 4) is 0 Å². The number of halogens is 3. The first kappa shape index (κ1) is 18.0. The van der Waals surface area contributed by atoms with Crippen LogP contribution < -0.4 is 4.72 Å². The molecular weight excluding hydrogens is 349 g/mol. The summed E-state index contributed by atoms with van der Waals surface area (Å²) < 4.78 is 64.1. The summed E-state index contributed by atoms with van der Waals surface area (Å²) in [6, 6.07) is 4.60. The quantitative estimate of drug-likeness (QED) is 0.655. The molecule has 10 heteroatoms. The van der Waals surface area contributed by atoms with E-state index in [1.54, 1.807) is 11.6 Å². The van der Waals surface area contributed by atoms with Crippen LogP contribution in [-0.4, -0.2) is 24.3 Å². The number of hydrogen-bond acceptors (Lipinski definition) is 4. The molecule has 1 unspecified atom stereocenters. The molecule has 1 N–H and O–H groups in total. The minimum Gasteiger partial charge on any atom is -0.276 e. The number of para-hydroxylation sites is 2. The van der Waals surface area contributed by atoms with E-state index in [0.29, 0.717) is 11.6 Å². The highest BCUT2D eigenvalue weighted by Crippen LogP contribution is 2.44. The maximum absolute atomic E-state index is 13.5. The van der Waals surface area contributed by atoms with Gasteiger partial charge in [0.2, 0.25) is 4.75 Å². The van der Waals surface area contributed by atoms with Crippen molar-refractivity contribution in [1.29, 1.82) is 0 Å². The van der Waals surface area contributed by atoms with E-state index >= 15 is 0 Å². The van der Waals surface area contributed by atoms with Gasteiger partial charge in [0.25, 0.3) is 15.7 Å². The summed E-state index contributed by atoms with van der Waals surface area (Å²) in [5.74, 6) is 0. The van der Waals surface area contributed by atoms with Crippen molar-refractivity contribution in [2.45, 2.75) is 24.3 Å². The van der Waals surface area contributed by atoms with E-state index in [4.69, 9.17) is 0 Å². The van der Waals surface area contributed by atoms with Crippen LogP contribution >= 0.6 is 0 Å². The highest BCUT2D eigenvalue weighted by Gasteiger charge is 2.62. The average Bonchev–Trinajstić information content (AvgIpc) is 2.46. The predicted octanol–water partition coefficient (Wildman–Crippen LogP) is 3.54. The van der Waals surface area contributed by atoms with Crippen LogP contribution in [0.2, 0.25) is 0 Å². The summed E-state index contributed by atoms with van der Waals surface area (Å²) in [5, 5.41) is 10.9. The Balaban J connectivity index is 2.53. The topological polar surface area (TPSA) is 89.3 Å². The molecular formula is C14H13F3N2O4S. The van der Waals surface area contributed by atoms with Gasteiger partial charge in [-0.1, -0.05) is 35.9 Å². The lowest BCUT2D eigenvalue weighted by atomic mass is 9.96. The number of nitrogens with one attached hydrogen (secondary N) is 1. The minimum atomic E-state index is -5.10. The van der Waals surface area contributed by atoms with Gasteiger partial charge in [0.15, 0.2) is 0 Å². The number of nitrogens with zero attached hydrogens (tertiary/aromatic N) is 1. The Hall–Kier alpha value is -2.36. The van der Waals surface area contributed by atoms with Crippen molar-refractivity contribution < 1.29 is 26.5 Å². The average molecular weight is 362 g/mol. The van der Waals surface area contributed by atoms with E-state index in [-0.39, 0.29) is 0 Å². The van der Waals surface area contributed by atoms with Gasteiger partial charge in [0.05, 0.1) is 4.92 Å². The lowest BCUT2D eigenvalue weighted by Gasteiger charge is -2.33. The molecule has 0 aromatic heterocycles. The summed E-state index contributed by atoms with van der Waals surface area (Å²) in [6.07, 6.45) is -3.12. The number of rotatable bonds is 4. The van der Waals surface area contributed by atoms with E-state index < -0.39 is 43.7 Å². The van der Waals surface area contributed by atoms with Crippen LogP contribution in [0.5, 0.6) is 0 Å². The van der Waals surface area contributed by atoms with Gasteiger partial charge in [0.1, 0.15) is 5.69 Å². The maximum Gasteiger partial charge on any atom is 0.413 e. The van der Waals surface area contributed by atoms with Gasteiger partial charge in [-0.05, 0) is 19.4 Å². The van der Waals surface area contributed by atoms with Crippen LogP contribution in [0.15, 0.2) is 48.1 Å². The summed E-state index contributed by atoms with van der Waals surface area (Å²) in [6.45, 7) is 1.54. The second-order valence-corrected chi connectivity index (χ2v) is 7.19. The summed E-state index contributed by atoms with van der Waals surface area (Å²) in [7, 11) is -5.05. The molecule has 0 aliphatic heterocycles. The molecule has 1 aliphatic carbocycles. The van der Waals surface area contributed by atoms with Crippen LogP contribution in [-0.2, 0) is 10.0 Å². The molecule has 24 heavy (non-hydrogen) atoms. The van der Waals surface area contributed by atoms with E-state index in [1.165, 1.54) is 12.1 Å². The number of alkyl halides is 3. The van der Waals surface area contributed by atoms with Crippen molar-refractivity contribution in [2.24, 2.45) is 0 Å². The molecule has 1 aromatic rings. The van der Waals surface area contributed by atoms with E-state index in [1.807, 2.05) is 0 Å². The Morgan fingerprint density at radius 2 is 1.92 bits per heavy atom. The van der Waals surface area contributed by atoms with Crippen LogP contribution in [0.3, 0.4) is 0 Å². The first-order chi connectivity index (χ1) is 11.0. The maximum atomic E-state index is 13.5. The van der Waals surface area contributed by atoms with E-state index in [9.17, 15) is 31.7 Å². The molecule has 0 heterocycles. The zero-order valence-corrected chi connectivity index (χ0v) is 13.2. The Bertz CT molecular complexity index is 831. The van der Waals surface area contributed by atoms with Crippen LogP contribution in [0.4, 0.5) is 24.5 Å². The summed E-state index contributed by atoms with van der Waals surface area (Å²) >= 11 is 0. The number of sulfonamides is 1. The number of nitro benzene ring substituents is 1. The van der Waals surface area contributed by atoms with Gasteiger partial charge in [-0.15, -0.1) is 0 Å². The van der Waals surface area contributed by atoms with Crippen LogP contribution in [0.1, 0.15) is 13.3 Å². The monoisotopic (exact) mass is 362 g/mol. The molecule has 0 amide bonds. The molecule has 0 radical (unpaired) electrons. The highest BCUT2D eigenvalue weighted by atomic mass is 32.2. The minimum absolute atomic E-state index is 0.496. The standard InChI is InChI=1S/C14H13F3N2O4S/c1-10-6-8-13(9-7-10,14(15,16)17)24(22,23)18-11-4-2-3-5-12(11)19(20)21/h2-8,18H,9H2,1H3. The van der Waals surface area contributed by atoms with Crippen LogP contribution in [0.25, 0.3) is 0 Å². The number of hydrogen-bond donors (Lipinski definition) is 1. The van der Waals surface area contributed by atoms with Gasteiger partial charge in [-0.3, -0.25) is 14.8 Å². The van der Waals surface area contributed by atoms with Crippen molar-refractivity contribution in [2.75, 3.05) is 4.72 Å². The number of allylic oxidation sites excluding steroid dienone is 3. The van der Waals surface area contributed by atoms with Gasteiger partial charge < -0.3 is 0 Å². The fourth-order valence-corrected chi connectivity index (χ4v) is 3.73. The molecule has 0 bridgehead atoms. The molecule has 0 spiro atoms. The third kappa shape index (κ3) is 3.01. The lowest BCUT2D eigenvalue weighted by molar-refractivity contribution is -0.383. The van der Waals surface area contributed by atoms with E-state index in [2.05, 4.69) is 0 Å². The second-order valence-electron chi connectivity index (χ2n) is 5.25. The van der Waals surface area contributed by atoms with Crippen molar-refractivity contribution in [3.63, 3.8) is 0 Å². The first-order valence-electron chi connectivity index (χ1n) is 6.69. The predicted molar refractivity (Wildman–Crippen MR) is 81.9 cm³/mol. The molecule has 1 aliphatic rings. The van der Waals surface area contributed by atoms with Crippen LogP contribution in [0, 0.1) is 10.1 Å². The molecule has 0 fully saturated rings. The Morgan fingerprint density at radius 1 is 1.29 bits per heavy atom. The molecule has 130 valence electrons. The Labute approximate surface area is 135 Å². The number of nitro groups is 1. The van der Waals surface area contributed by atoms with E-state index in [0.717, 1.165) is 24.3 Å². The second kappa shape index (κ2) is 5.93. The van der Waals surface area contributed by atoms with Gasteiger partial charge in [-0.25, -0.2) is 8.42 Å². The fourth-order valence-electron chi connectivity index (χ4n) is 2.23. The molecule has 0 saturated heterocycles. The largest absolute Gasteiger partial charge is 0.413 e. The lowest BCUT2D eigenvalue weighted by Crippen LogP contribution is -2.53. The molecule has 2 rings (SSSR count). The Morgan fingerprint density at radius 3 is 2.42 bits per heavy atom. The van der Waals surface area contributed by atoms with Gasteiger partial charge in [-0.2, -0.15) is 13.2 Å². The molecule has 1 atom stereocenters. The zero-order chi connectivity index (χ0) is 18.2. The van der Waals surface area contributed by atoms with Gasteiger partial charge in [0, 0.05) is 6.07 Å². The number of anilines is 1. The smallest absolute Gasteiger partial charge is 0.276 e. The fraction of sp³-hybridized carbons (Fsp3) is 0.286. The third-order valence-electron chi connectivity index (χ3n) is 3.65. The summed E-state index contributed by atoms with van der Waals surface area (Å²) in [4.78, 5) is 10.1. The van der Waals surface area contributed by atoms with Crippen molar-refractivity contribution >= 4 is 21.4 Å². The highest BCUT2D eigenvalue weighted by molar-refractivity contribution is 7.94. The SMILES string of the molecule is CC1=CCC(C(F)(F)F)(S(=O)(=O)Nc2ccccc2[N+](=O)[O-])C=C1. The number of benzene rings is 1. The zero-order valence-electron chi connectivity index (χ0n) is 12.4. The van der Waals surface area contributed by atoms with Crippen molar-refractivity contribution in [3.05, 3.63) is 58.2 Å².